The highest BCUT2D eigenvalue weighted by Gasteiger charge is 2.52. The second-order valence-corrected chi connectivity index (χ2v) is 6.86. The van der Waals surface area contributed by atoms with Gasteiger partial charge in [-0.15, -0.1) is 0 Å². The largest absolute Gasteiger partial charge is 0.381 e. The topological polar surface area (TPSA) is 21.3 Å². The van der Waals surface area contributed by atoms with E-state index in [4.69, 9.17) is 4.74 Å². The van der Waals surface area contributed by atoms with Gasteiger partial charge in [-0.25, -0.2) is 0 Å². The van der Waals surface area contributed by atoms with E-state index in [9.17, 15) is 0 Å². The molecule has 0 unspecified atom stereocenters. The Morgan fingerprint density at radius 3 is 2.70 bits per heavy atom. The summed E-state index contributed by atoms with van der Waals surface area (Å²) in [5.41, 5.74) is 1.55. The van der Waals surface area contributed by atoms with Crippen LogP contribution in [0.1, 0.15) is 37.2 Å². The molecule has 1 aromatic carbocycles. The molecule has 2 aliphatic carbocycles. The molecule has 3 aliphatic rings. The number of nitrogens with one attached hydrogen (secondary N) is 1. The summed E-state index contributed by atoms with van der Waals surface area (Å²) in [6.07, 6.45) is 5.55. The van der Waals surface area contributed by atoms with Crippen LogP contribution in [0.3, 0.4) is 0 Å². The predicted octanol–water partition coefficient (Wildman–Crippen LogP) is 3.19. The van der Waals surface area contributed by atoms with Gasteiger partial charge in [0.25, 0.3) is 0 Å². The smallest absolute Gasteiger partial charge is 0.0507 e. The minimum atomic E-state index is 0.713. The summed E-state index contributed by atoms with van der Waals surface area (Å²) in [4.78, 5) is 0. The third-order valence-corrected chi connectivity index (χ3v) is 5.78. The minimum absolute atomic E-state index is 0.713. The van der Waals surface area contributed by atoms with Crippen LogP contribution in [0.5, 0.6) is 0 Å². The van der Waals surface area contributed by atoms with Crippen molar-refractivity contribution in [3.05, 3.63) is 35.9 Å². The number of fused-ring (bicyclic) bond motifs is 1. The highest BCUT2D eigenvalue weighted by atomic mass is 16.5. The van der Waals surface area contributed by atoms with Crippen molar-refractivity contribution in [3.8, 4) is 0 Å². The van der Waals surface area contributed by atoms with Crippen molar-refractivity contribution >= 4 is 0 Å². The Balaban J connectivity index is 1.45. The van der Waals surface area contributed by atoms with Gasteiger partial charge in [-0.3, -0.25) is 0 Å². The van der Waals surface area contributed by atoms with E-state index in [2.05, 4.69) is 35.6 Å². The summed E-state index contributed by atoms with van der Waals surface area (Å²) in [7, 11) is 0. The van der Waals surface area contributed by atoms with E-state index >= 15 is 0 Å². The molecule has 0 amide bonds. The van der Waals surface area contributed by atoms with Gasteiger partial charge < -0.3 is 10.1 Å². The maximum absolute atomic E-state index is 5.50. The Morgan fingerprint density at radius 2 is 1.90 bits per heavy atom. The predicted molar refractivity (Wildman–Crippen MR) is 80.7 cm³/mol. The van der Waals surface area contributed by atoms with Crippen molar-refractivity contribution in [2.24, 2.45) is 17.8 Å². The fraction of sp³-hybridized carbons (Fsp3) is 0.667. The highest BCUT2D eigenvalue weighted by Crippen LogP contribution is 2.55. The Bertz CT molecular complexity index is 440. The van der Waals surface area contributed by atoms with Gasteiger partial charge in [-0.1, -0.05) is 36.8 Å². The lowest BCUT2D eigenvalue weighted by molar-refractivity contribution is 0.0902. The van der Waals surface area contributed by atoms with Gasteiger partial charge in [0, 0.05) is 25.1 Å². The lowest BCUT2D eigenvalue weighted by atomic mass is 9.59. The molecule has 3 fully saturated rings. The summed E-state index contributed by atoms with van der Waals surface area (Å²) in [5.74, 6) is 3.37. The molecule has 20 heavy (non-hydrogen) atoms. The van der Waals surface area contributed by atoms with Gasteiger partial charge in [0.2, 0.25) is 0 Å². The summed E-state index contributed by atoms with van der Waals surface area (Å²) in [6, 6.07) is 11.9. The number of ether oxygens (including phenoxy) is 1. The van der Waals surface area contributed by atoms with Crippen LogP contribution >= 0.6 is 0 Å². The first kappa shape index (κ1) is 12.8. The molecule has 1 aliphatic heterocycles. The maximum Gasteiger partial charge on any atom is 0.0507 e. The molecule has 1 aromatic rings. The monoisotopic (exact) mass is 271 g/mol. The van der Waals surface area contributed by atoms with Crippen molar-refractivity contribution < 1.29 is 4.74 Å². The van der Waals surface area contributed by atoms with Gasteiger partial charge in [-0.2, -0.15) is 0 Å². The van der Waals surface area contributed by atoms with Crippen molar-refractivity contribution in [3.63, 3.8) is 0 Å². The van der Waals surface area contributed by atoms with Crippen molar-refractivity contribution in [1.82, 2.24) is 5.32 Å². The number of rotatable bonds is 4. The van der Waals surface area contributed by atoms with Crippen LogP contribution in [-0.4, -0.2) is 25.8 Å². The average Bonchev–Trinajstić information content (AvgIpc) is 3.11. The summed E-state index contributed by atoms with van der Waals surface area (Å²) >= 11 is 0. The Labute approximate surface area is 121 Å². The van der Waals surface area contributed by atoms with Gasteiger partial charge in [0.1, 0.15) is 0 Å². The van der Waals surface area contributed by atoms with Crippen LogP contribution in [-0.2, 0) is 4.74 Å². The van der Waals surface area contributed by atoms with Crippen LogP contribution in [0, 0.1) is 17.8 Å². The van der Waals surface area contributed by atoms with E-state index in [-0.39, 0.29) is 0 Å². The van der Waals surface area contributed by atoms with Crippen molar-refractivity contribution in [2.75, 3.05) is 19.8 Å². The van der Waals surface area contributed by atoms with E-state index in [0.717, 1.165) is 43.4 Å². The number of hydrogen-bond acceptors (Lipinski definition) is 2. The lowest BCUT2D eigenvalue weighted by Crippen LogP contribution is -2.55. The van der Waals surface area contributed by atoms with Crippen LogP contribution in [0.15, 0.2) is 30.3 Å². The lowest BCUT2D eigenvalue weighted by Gasteiger charge is -2.50. The summed E-state index contributed by atoms with van der Waals surface area (Å²) in [6.45, 7) is 3.08. The molecule has 2 saturated carbocycles. The second kappa shape index (κ2) is 5.50. The fourth-order valence-corrected chi connectivity index (χ4v) is 4.75. The van der Waals surface area contributed by atoms with E-state index in [1.807, 2.05) is 0 Å². The SMILES string of the molecule is c1ccc([C@@H]2[C@H]3CCC[C@H]3[C@H]2NC[C@@H]2CCOC2)cc1. The van der Waals surface area contributed by atoms with Gasteiger partial charge >= 0.3 is 0 Å². The molecule has 5 atom stereocenters. The van der Waals surface area contributed by atoms with Crippen LogP contribution in [0.4, 0.5) is 0 Å². The quantitative estimate of drug-likeness (QED) is 0.908. The number of hydrogen-bond donors (Lipinski definition) is 1. The molecular formula is C18H25NO. The van der Waals surface area contributed by atoms with Gasteiger partial charge in [0.15, 0.2) is 0 Å². The minimum Gasteiger partial charge on any atom is -0.381 e. The zero-order valence-corrected chi connectivity index (χ0v) is 12.1. The van der Waals surface area contributed by atoms with Crippen molar-refractivity contribution in [2.45, 2.75) is 37.6 Å². The molecular weight excluding hydrogens is 246 g/mol. The zero-order valence-electron chi connectivity index (χ0n) is 12.1. The maximum atomic E-state index is 5.50. The second-order valence-electron chi connectivity index (χ2n) is 6.86. The van der Waals surface area contributed by atoms with E-state index in [1.165, 1.54) is 25.7 Å². The molecule has 0 radical (unpaired) electrons. The third kappa shape index (κ3) is 2.19. The standard InChI is InChI=1S/C18H25NO/c1-2-5-14(6-3-1)17-15-7-4-8-16(15)18(17)19-11-13-9-10-20-12-13/h1-3,5-6,13,15-19H,4,7-12H2/t13-,15-,16+,17+,18+/m0/s1. The Morgan fingerprint density at radius 1 is 1.05 bits per heavy atom. The van der Waals surface area contributed by atoms with E-state index in [0.29, 0.717) is 6.04 Å². The first-order chi connectivity index (χ1) is 9.93. The van der Waals surface area contributed by atoms with Crippen LogP contribution in [0.2, 0.25) is 0 Å². The van der Waals surface area contributed by atoms with Crippen molar-refractivity contribution in [1.29, 1.82) is 0 Å². The third-order valence-electron chi connectivity index (χ3n) is 5.78. The fourth-order valence-electron chi connectivity index (χ4n) is 4.75. The molecule has 1 heterocycles. The van der Waals surface area contributed by atoms with E-state index in [1.54, 1.807) is 5.56 Å². The molecule has 0 aromatic heterocycles. The Hall–Kier alpha value is -0.860. The molecule has 4 rings (SSSR count). The molecule has 0 spiro atoms. The molecule has 108 valence electrons. The number of benzene rings is 1. The van der Waals surface area contributed by atoms with E-state index < -0.39 is 0 Å². The Kier molecular flexibility index (Phi) is 3.53. The van der Waals surface area contributed by atoms with Gasteiger partial charge in [-0.05, 0) is 42.6 Å². The molecule has 2 heteroatoms. The first-order valence-electron chi connectivity index (χ1n) is 8.29. The molecule has 2 nitrogen and oxygen atoms in total. The molecule has 1 saturated heterocycles. The zero-order chi connectivity index (χ0) is 13.4. The van der Waals surface area contributed by atoms with Crippen LogP contribution < -0.4 is 5.32 Å². The summed E-state index contributed by atoms with van der Waals surface area (Å²) in [5, 5.41) is 3.90. The van der Waals surface area contributed by atoms with Crippen LogP contribution in [0.25, 0.3) is 0 Å². The molecule has 1 N–H and O–H groups in total. The van der Waals surface area contributed by atoms with Gasteiger partial charge in [0.05, 0.1) is 6.61 Å². The average molecular weight is 271 g/mol. The first-order valence-corrected chi connectivity index (χ1v) is 8.29. The normalized spacial score (nSPS) is 39.5. The summed E-state index contributed by atoms with van der Waals surface area (Å²) < 4.78 is 5.50. The molecule has 0 bridgehead atoms. The highest BCUT2D eigenvalue weighted by molar-refractivity contribution is 5.28.